The average molecular weight is 358 g/mol. The number of nitrogens with one attached hydrogen (secondary N) is 1. The highest BCUT2D eigenvalue weighted by Crippen LogP contribution is 2.16. The van der Waals surface area contributed by atoms with Crippen molar-refractivity contribution in [2.75, 3.05) is 19.5 Å². The minimum Gasteiger partial charge on any atom is -0.497 e. The number of rotatable bonds is 9. The van der Waals surface area contributed by atoms with Gasteiger partial charge < -0.3 is 9.47 Å². The molecule has 0 heterocycles. The first-order valence-electron chi connectivity index (χ1n) is 7.96. The molecule has 0 saturated carbocycles. The van der Waals surface area contributed by atoms with Crippen molar-refractivity contribution in [3.8, 4) is 11.5 Å². The van der Waals surface area contributed by atoms with Gasteiger partial charge in [-0.1, -0.05) is 12.1 Å². The van der Waals surface area contributed by atoms with Crippen LogP contribution in [-0.2, 0) is 10.5 Å². The maximum absolute atomic E-state index is 11.8. The zero-order valence-corrected chi connectivity index (χ0v) is 15.2. The molecule has 132 valence electrons. The molecular weight excluding hydrogens is 336 g/mol. The van der Waals surface area contributed by atoms with Gasteiger partial charge in [-0.15, -0.1) is 11.8 Å². The lowest BCUT2D eigenvalue weighted by Gasteiger charge is -2.04. The van der Waals surface area contributed by atoms with Crippen molar-refractivity contribution in [3.05, 3.63) is 59.7 Å². The van der Waals surface area contributed by atoms with E-state index in [2.05, 4.69) is 10.5 Å². The highest BCUT2D eigenvalue weighted by atomic mass is 32.2. The number of amides is 1. The van der Waals surface area contributed by atoms with Crippen molar-refractivity contribution in [1.82, 2.24) is 5.43 Å². The fourth-order valence-corrected chi connectivity index (χ4v) is 2.79. The molecule has 6 heteroatoms. The number of ether oxygens (including phenoxy) is 2. The second-order valence-electron chi connectivity index (χ2n) is 5.14. The highest BCUT2D eigenvalue weighted by molar-refractivity contribution is 7.99. The van der Waals surface area contributed by atoms with Crippen LogP contribution in [0.25, 0.3) is 0 Å². The molecule has 2 rings (SSSR count). The lowest BCUT2D eigenvalue weighted by molar-refractivity contribution is -0.118. The van der Waals surface area contributed by atoms with Crippen LogP contribution in [-0.4, -0.2) is 31.6 Å². The minimum absolute atomic E-state index is 0.124. The Labute approximate surface area is 152 Å². The number of methoxy groups -OCH3 is 1. The van der Waals surface area contributed by atoms with E-state index in [0.717, 1.165) is 28.4 Å². The standard InChI is InChI=1S/C19H22N2O3S/c1-3-24-18-10-4-15(5-11-18)12-20-21-19(22)14-25-13-16-6-8-17(23-2)9-7-16/h4-12H,3,13-14H2,1-2H3,(H,21,22)/b20-12-. The van der Waals surface area contributed by atoms with E-state index in [0.29, 0.717) is 12.4 Å². The van der Waals surface area contributed by atoms with Gasteiger partial charge in [0.1, 0.15) is 11.5 Å². The summed E-state index contributed by atoms with van der Waals surface area (Å²) in [5.41, 5.74) is 4.58. The van der Waals surface area contributed by atoms with Gasteiger partial charge in [-0.2, -0.15) is 5.10 Å². The predicted molar refractivity (Wildman–Crippen MR) is 103 cm³/mol. The van der Waals surface area contributed by atoms with Crippen LogP contribution in [0.15, 0.2) is 53.6 Å². The van der Waals surface area contributed by atoms with Crippen molar-refractivity contribution >= 4 is 23.9 Å². The van der Waals surface area contributed by atoms with E-state index in [1.54, 1.807) is 13.3 Å². The Kier molecular flexibility index (Phi) is 7.85. The van der Waals surface area contributed by atoms with Gasteiger partial charge in [0, 0.05) is 5.75 Å². The Morgan fingerprint density at radius 3 is 2.44 bits per heavy atom. The van der Waals surface area contributed by atoms with Crippen LogP contribution in [0, 0.1) is 0 Å². The molecule has 2 aromatic carbocycles. The fourth-order valence-electron chi connectivity index (χ4n) is 2.01. The molecule has 0 spiro atoms. The Bertz CT molecular complexity index is 685. The number of nitrogens with zero attached hydrogens (tertiary/aromatic N) is 1. The first-order chi connectivity index (χ1) is 12.2. The number of hydrogen-bond donors (Lipinski definition) is 1. The maximum atomic E-state index is 11.8. The lowest BCUT2D eigenvalue weighted by Crippen LogP contribution is -2.19. The third-order valence-corrected chi connectivity index (χ3v) is 4.26. The van der Waals surface area contributed by atoms with Gasteiger partial charge in [0.05, 0.1) is 25.7 Å². The summed E-state index contributed by atoms with van der Waals surface area (Å²) >= 11 is 1.54. The summed E-state index contributed by atoms with van der Waals surface area (Å²) in [5, 5.41) is 3.97. The van der Waals surface area contributed by atoms with Crippen LogP contribution in [0.4, 0.5) is 0 Å². The molecule has 0 aliphatic heterocycles. The summed E-state index contributed by atoms with van der Waals surface area (Å²) in [6, 6.07) is 15.3. The number of hydrazone groups is 1. The number of thioether (sulfide) groups is 1. The molecule has 0 unspecified atom stereocenters. The number of carbonyl (C=O) groups excluding carboxylic acids is 1. The molecule has 1 amide bonds. The van der Waals surface area contributed by atoms with Crippen LogP contribution < -0.4 is 14.9 Å². The van der Waals surface area contributed by atoms with E-state index in [9.17, 15) is 4.79 Å². The first kappa shape index (κ1) is 18.9. The summed E-state index contributed by atoms with van der Waals surface area (Å²) in [6.45, 7) is 2.58. The van der Waals surface area contributed by atoms with E-state index in [1.165, 1.54) is 11.8 Å². The molecule has 0 aliphatic carbocycles. The second-order valence-corrected chi connectivity index (χ2v) is 6.12. The monoisotopic (exact) mass is 358 g/mol. The van der Waals surface area contributed by atoms with Crippen LogP contribution in [0.2, 0.25) is 0 Å². The zero-order valence-electron chi connectivity index (χ0n) is 14.4. The largest absolute Gasteiger partial charge is 0.497 e. The number of hydrogen-bond acceptors (Lipinski definition) is 5. The Morgan fingerprint density at radius 1 is 1.12 bits per heavy atom. The molecule has 0 bridgehead atoms. The zero-order chi connectivity index (χ0) is 17.9. The van der Waals surface area contributed by atoms with E-state index >= 15 is 0 Å². The van der Waals surface area contributed by atoms with Gasteiger partial charge >= 0.3 is 0 Å². The van der Waals surface area contributed by atoms with Crippen molar-refractivity contribution < 1.29 is 14.3 Å². The summed E-state index contributed by atoms with van der Waals surface area (Å²) in [4.78, 5) is 11.8. The molecule has 0 saturated heterocycles. The fraction of sp³-hybridized carbons (Fsp3) is 0.263. The van der Waals surface area contributed by atoms with Gasteiger partial charge in [-0.05, 0) is 54.4 Å². The molecule has 0 fully saturated rings. The minimum atomic E-state index is -0.124. The normalized spacial score (nSPS) is 10.6. The molecule has 0 atom stereocenters. The molecular formula is C19H22N2O3S. The molecule has 0 aliphatic rings. The van der Waals surface area contributed by atoms with Crippen molar-refractivity contribution in [1.29, 1.82) is 0 Å². The third-order valence-electron chi connectivity index (χ3n) is 3.25. The van der Waals surface area contributed by atoms with Crippen LogP contribution in [0.5, 0.6) is 11.5 Å². The molecule has 2 aromatic rings. The molecule has 0 radical (unpaired) electrons. The molecule has 1 N–H and O–H groups in total. The van der Waals surface area contributed by atoms with E-state index < -0.39 is 0 Å². The van der Waals surface area contributed by atoms with E-state index in [4.69, 9.17) is 9.47 Å². The Morgan fingerprint density at radius 2 is 1.80 bits per heavy atom. The summed E-state index contributed by atoms with van der Waals surface area (Å²) in [5.74, 6) is 2.64. The van der Waals surface area contributed by atoms with E-state index in [1.807, 2.05) is 55.5 Å². The third kappa shape index (κ3) is 6.89. The second kappa shape index (κ2) is 10.4. The van der Waals surface area contributed by atoms with E-state index in [-0.39, 0.29) is 5.91 Å². The van der Waals surface area contributed by atoms with Crippen molar-refractivity contribution in [2.45, 2.75) is 12.7 Å². The van der Waals surface area contributed by atoms with Crippen LogP contribution >= 0.6 is 11.8 Å². The topological polar surface area (TPSA) is 59.9 Å². The summed E-state index contributed by atoms with van der Waals surface area (Å²) in [6.07, 6.45) is 1.61. The van der Waals surface area contributed by atoms with Crippen molar-refractivity contribution in [3.63, 3.8) is 0 Å². The lowest BCUT2D eigenvalue weighted by atomic mass is 10.2. The first-order valence-corrected chi connectivity index (χ1v) is 9.12. The molecule has 5 nitrogen and oxygen atoms in total. The summed E-state index contributed by atoms with van der Waals surface area (Å²) < 4.78 is 10.5. The smallest absolute Gasteiger partial charge is 0.250 e. The van der Waals surface area contributed by atoms with Crippen molar-refractivity contribution in [2.24, 2.45) is 5.10 Å². The Hall–Kier alpha value is -2.47. The number of carbonyl (C=O) groups is 1. The molecule has 0 aromatic heterocycles. The average Bonchev–Trinajstić information content (AvgIpc) is 2.64. The van der Waals surface area contributed by atoms with Gasteiger partial charge in [0.2, 0.25) is 5.91 Å². The highest BCUT2D eigenvalue weighted by Gasteiger charge is 2.01. The predicted octanol–water partition coefficient (Wildman–Crippen LogP) is 3.48. The SMILES string of the molecule is CCOc1ccc(/C=N\NC(=O)CSCc2ccc(OC)cc2)cc1. The summed E-state index contributed by atoms with van der Waals surface area (Å²) in [7, 11) is 1.64. The van der Waals surface area contributed by atoms with Gasteiger partial charge in [-0.3, -0.25) is 4.79 Å². The van der Waals surface area contributed by atoms with Crippen LogP contribution in [0.1, 0.15) is 18.1 Å². The quantitative estimate of drug-likeness (QED) is 0.551. The maximum Gasteiger partial charge on any atom is 0.250 e. The van der Waals surface area contributed by atoms with Crippen LogP contribution in [0.3, 0.4) is 0 Å². The van der Waals surface area contributed by atoms with Gasteiger partial charge in [0.15, 0.2) is 0 Å². The number of benzene rings is 2. The van der Waals surface area contributed by atoms with Gasteiger partial charge in [-0.25, -0.2) is 5.43 Å². The van der Waals surface area contributed by atoms with Gasteiger partial charge in [0.25, 0.3) is 0 Å². The Balaban J connectivity index is 1.69. The molecule has 25 heavy (non-hydrogen) atoms.